The molecule has 1 amide bonds. The number of hydrogen-bond acceptors (Lipinski definition) is 4. The number of aliphatic hydroxyl groups excluding tert-OH is 1. The van der Waals surface area contributed by atoms with Crippen LogP contribution in [0.2, 0.25) is 0 Å². The van der Waals surface area contributed by atoms with E-state index in [0.29, 0.717) is 5.75 Å². The number of amides is 1. The van der Waals surface area contributed by atoms with Gasteiger partial charge in [-0.15, -0.1) is 0 Å². The van der Waals surface area contributed by atoms with Crippen molar-refractivity contribution in [1.82, 2.24) is 9.80 Å². The molecule has 26 heavy (non-hydrogen) atoms. The van der Waals surface area contributed by atoms with E-state index in [1.165, 1.54) is 5.56 Å². The van der Waals surface area contributed by atoms with Gasteiger partial charge in [-0.05, 0) is 56.0 Å². The predicted molar refractivity (Wildman–Crippen MR) is 108 cm³/mol. The molecule has 0 bridgehead atoms. The Morgan fingerprint density at radius 2 is 1.88 bits per heavy atom. The van der Waals surface area contributed by atoms with Crippen LogP contribution in [0.15, 0.2) is 30.3 Å². The van der Waals surface area contributed by atoms with Crippen LogP contribution in [0, 0.1) is 11.3 Å². The molecule has 2 aliphatic heterocycles. The molecule has 5 heteroatoms. The van der Waals surface area contributed by atoms with Gasteiger partial charge in [-0.3, -0.25) is 4.79 Å². The summed E-state index contributed by atoms with van der Waals surface area (Å²) >= 11 is 1.58. The number of rotatable bonds is 6. The van der Waals surface area contributed by atoms with E-state index in [4.69, 9.17) is 0 Å². The third-order valence-corrected chi connectivity index (χ3v) is 6.97. The Bertz CT molecular complexity index is 573. The third-order valence-electron chi connectivity index (χ3n) is 6.44. The lowest BCUT2D eigenvalue weighted by Gasteiger charge is -2.51. The summed E-state index contributed by atoms with van der Waals surface area (Å²) in [6.07, 6.45) is 6.42. The molecule has 0 saturated carbocycles. The molecule has 1 unspecified atom stereocenters. The smallest absolute Gasteiger partial charge is 0.232 e. The van der Waals surface area contributed by atoms with Crippen LogP contribution in [0.25, 0.3) is 0 Å². The Hall–Kier alpha value is -1.04. The molecule has 1 aromatic carbocycles. The van der Waals surface area contributed by atoms with Gasteiger partial charge in [0.05, 0.1) is 5.75 Å². The summed E-state index contributed by atoms with van der Waals surface area (Å²) in [5, 5.41) is 10.00. The van der Waals surface area contributed by atoms with Crippen molar-refractivity contribution in [3.05, 3.63) is 35.9 Å². The fourth-order valence-corrected chi connectivity index (χ4v) is 5.05. The van der Waals surface area contributed by atoms with Crippen LogP contribution in [0.5, 0.6) is 0 Å². The van der Waals surface area contributed by atoms with Crippen molar-refractivity contribution < 1.29 is 9.90 Å². The lowest BCUT2D eigenvalue weighted by atomic mass is 9.64. The molecule has 3 rings (SSSR count). The maximum Gasteiger partial charge on any atom is 0.232 e. The van der Waals surface area contributed by atoms with Crippen molar-refractivity contribution >= 4 is 17.7 Å². The van der Waals surface area contributed by atoms with Gasteiger partial charge in [-0.25, -0.2) is 0 Å². The summed E-state index contributed by atoms with van der Waals surface area (Å²) in [5.41, 5.74) is 1.63. The van der Waals surface area contributed by atoms with E-state index in [-0.39, 0.29) is 23.8 Å². The third kappa shape index (κ3) is 4.62. The average molecular weight is 377 g/mol. The molecule has 2 saturated heterocycles. The van der Waals surface area contributed by atoms with E-state index in [9.17, 15) is 9.90 Å². The first kappa shape index (κ1) is 19.7. The van der Waals surface area contributed by atoms with Crippen molar-refractivity contribution in [2.24, 2.45) is 11.3 Å². The second-order valence-corrected chi connectivity index (χ2v) is 8.71. The van der Waals surface area contributed by atoms with Crippen molar-refractivity contribution in [2.45, 2.75) is 25.7 Å². The molecular weight excluding hydrogens is 344 g/mol. The Morgan fingerprint density at radius 3 is 2.54 bits per heavy atom. The van der Waals surface area contributed by atoms with Gasteiger partial charge < -0.3 is 14.9 Å². The zero-order valence-electron chi connectivity index (χ0n) is 15.9. The number of thioether (sulfide) groups is 1. The fraction of sp³-hybridized carbons (Fsp3) is 0.667. The molecule has 0 aromatic heterocycles. The summed E-state index contributed by atoms with van der Waals surface area (Å²) in [6.45, 7) is 5.14. The first-order chi connectivity index (χ1) is 12.7. The number of benzene rings is 1. The molecule has 2 heterocycles. The van der Waals surface area contributed by atoms with Crippen LogP contribution in [0.1, 0.15) is 24.8 Å². The summed E-state index contributed by atoms with van der Waals surface area (Å²) in [4.78, 5) is 16.8. The van der Waals surface area contributed by atoms with Gasteiger partial charge >= 0.3 is 0 Å². The molecule has 1 spiro atoms. The van der Waals surface area contributed by atoms with E-state index in [1.54, 1.807) is 11.8 Å². The van der Waals surface area contributed by atoms with Crippen molar-refractivity contribution in [3.8, 4) is 0 Å². The van der Waals surface area contributed by atoms with Gasteiger partial charge in [-0.2, -0.15) is 11.8 Å². The van der Waals surface area contributed by atoms with Gasteiger partial charge in [0.25, 0.3) is 0 Å². The van der Waals surface area contributed by atoms with E-state index in [2.05, 4.69) is 35.2 Å². The maximum atomic E-state index is 12.2. The normalized spacial score (nSPS) is 23.3. The molecule has 2 fully saturated rings. The Balaban J connectivity index is 1.51. The van der Waals surface area contributed by atoms with Gasteiger partial charge in [0.15, 0.2) is 0 Å². The number of carbonyl (C=O) groups excluding carboxylic acids is 1. The predicted octanol–water partition coefficient (Wildman–Crippen LogP) is 2.52. The molecule has 4 nitrogen and oxygen atoms in total. The number of piperidine rings is 2. The minimum Gasteiger partial charge on any atom is -0.396 e. The minimum atomic E-state index is 0.201. The SMILES string of the molecule is CSCC(=O)N1CCC2(CCN(CCc3ccccc3)CC2)C(CO)C1. The summed E-state index contributed by atoms with van der Waals surface area (Å²) in [5.74, 6) is 1.02. The Kier molecular flexibility index (Phi) is 7.01. The molecule has 1 aromatic rings. The first-order valence-corrected chi connectivity index (χ1v) is 11.2. The summed E-state index contributed by atoms with van der Waals surface area (Å²) in [7, 11) is 0. The van der Waals surface area contributed by atoms with E-state index in [0.717, 1.165) is 58.4 Å². The number of carbonyl (C=O) groups is 1. The number of aliphatic hydroxyl groups is 1. The van der Waals surface area contributed by atoms with Crippen LogP contribution < -0.4 is 0 Å². The summed E-state index contributed by atoms with van der Waals surface area (Å²) < 4.78 is 0. The Labute approximate surface area is 161 Å². The molecule has 144 valence electrons. The van der Waals surface area contributed by atoms with Crippen LogP contribution in [-0.2, 0) is 11.2 Å². The highest BCUT2D eigenvalue weighted by Crippen LogP contribution is 2.45. The lowest BCUT2D eigenvalue weighted by Crippen LogP contribution is -2.55. The Morgan fingerprint density at radius 1 is 1.19 bits per heavy atom. The summed E-state index contributed by atoms with van der Waals surface area (Å²) in [6, 6.07) is 10.7. The van der Waals surface area contributed by atoms with E-state index in [1.807, 2.05) is 11.2 Å². The highest BCUT2D eigenvalue weighted by molar-refractivity contribution is 7.99. The van der Waals surface area contributed by atoms with Crippen molar-refractivity contribution in [2.75, 3.05) is 51.3 Å². The van der Waals surface area contributed by atoms with Crippen LogP contribution in [0.4, 0.5) is 0 Å². The highest BCUT2D eigenvalue weighted by Gasteiger charge is 2.45. The largest absolute Gasteiger partial charge is 0.396 e. The molecule has 1 atom stereocenters. The molecular formula is C21H32N2O2S. The zero-order chi connectivity index (χ0) is 18.4. The van der Waals surface area contributed by atoms with E-state index < -0.39 is 0 Å². The quantitative estimate of drug-likeness (QED) is 0.829. The second-order valence-electron chi connectivity index (χ2n) is 7.84. The fourth-order valence-electron chi connectivity index (χ4n) is 4.62. The van der Waals surface area contributed by atoms with Gasteiger partial charge in [0, 0.05) is 32.2 Å². The van der Waals surface area contributed by atoms with Gasteiger partial charge in [0.2, 0.25) is 5.91 Å². The monoisotopic (exact) mass is 376 g/mol. The number of nitrogens with zero attached hydrogens (tertiary/aromatic N) is 2. The van der Waals surface area contributed by atoms with Crippen LogP contribution in [-0.4, -0.2) is 72.2 Å². The maximum absolute atomic E-state index is 12.2. The topological polar surface area (TPSA) is 43.8 Å². The zero-order valence-corrected chi connectivity index (χ0v) is 16.7. The van der Waals surface area contributed by atoms with Gasteiger partial charge in [-0.1, -0.05) is 30.3 Å². The average Bonchev–Trinajstić information content (AvgIpc) is 2.69. The van der Waals surface area contributed by atoms with Gasteiger partial charge in [0.1, 0.15) is 0 Å². The standard InChI is InChI=1S/C21H32N2O2S/c1-26-17-20(25)23-14-10-21(19(15-23)16-24)8-12-22(13-9-21)11-7-18-5-3-2-4-6-18/h2-6,19,24H,7-17H2,1H3. The van der Waals surface area contributed by atoms with Crippen molar-refractivity contribution in [3.63, 3.8) is 0 Å². The first-order valence-electron chi connectivity index (χ1n) is 9.81. The second kappa shape index (κ2) is 9.25. The minimum absolute atomic E-state index is 0.201. The molecule has 0 aliphatic carbocycles. The highest BCUT2D eigenvalue weighted by atomic mass is 32.2. The van der Waals surface area contributed by atoms with Crippen LogP contribution >= 0.6 is 11.8 Å². The number of hydrogen-bond donors (Lipinski definition) is 1. The number of likely N-dealkylation sites (tertiary alicyclic amines) is 2. The van der Waals surface area contributed by atoms with Crippen molar-refractivity contribution in [1.29, 1.82) is 0 Å². The van der Waals surface area contributed by atoms with E-state index >= 15 is 0 Å². The molecule has 0 radical (unpaired) electrons. The molecule has 2 aliphatic rings. The van der Waals surface area contributed by atoms with Crippen LogP contribution in [0.3, 0.4) is 0 Å². The lowest BCUT2D eigenvalue weighted by molar-refractivity contribution is -0.135. The molecule has 1 N–H and O–H groups in total.